The molecule has 2 aliphatic rings. The van der Waals surface area contributed by atoms with Crippen molar-refractivity contribution >= 4 is 27.3 Å². The highest BCUT2D eigenvalue weighted by atomic mass is 32.2. The van der Waals surface area contributed by atoms with E-state index in [2.05, 4.69) is 10.2 Å². The number of nitrogens with zero attached hydrogens (tertiary/aromatic N) is 3. The van der Waals surface area contributed by atoms with Gasteiger partial charge in [0.15, 0.2) is 0 Å². The molecular weight excluding hydrogens is 443 g/mol. The molecule has 4 rings (SSSR count). The van der Waals surface area contributed by atoms with E-state index in [1.54, 1.807) is 45.6 Å². The van der Waals surface area contributed by atoms with Gasteiger partial charge in [-0.05, 0) is 55.3 Å². The van der Waals surface area contributed by atoms with Gasteiger partial charge in [-0.3, -0.25) is 4.79 Å². The zero-order valence-corrected chi connectivity index (χ0v) is 19.6. The van der Waals surface area contributed by atoms with Gasteiger partial charge in [0.25, 0.3) is 0 Å². The molecule has 2 aliphatic heterocycles. The van der Waals surface area contributed by atoms with Gasteiger partial charge in [0.05, 0.1) is 11.4 Å². The lowest BCUT2D eigenvalue weighted by Crippen LogP contribution is -2.50. The molecule has 2 aromatic carbocycles. The van der Waals surface area contributed by atoms with Crippen molar-refractivity contribution in [2.24, 2.45) is 0 Å². The summed E-state index contributed by atoms with van der Waals surface area (Å²) in [6.45, 7) is 3.75. The van der Waals surface area contributed by atoms with E-state index in [9.17, 15) is 17.6 Å². The van der Waals surface area contributed by atoms with Crippen LogP contribution in [0.25, 0.3) is 0 Å². The highest BCUT2D eigenvalue weighted by molar-refractivity contribution is 7.89. The summed E-state index contributed by atoms with van der Waals surface area (Å²) in [6, 6.07) is 13.1. The highest BCUT2D eigenvalue weighted by Gasteiger charge is 2.25. The molecule has 2 heterocycles. The molecule has 9 heteroatoms. The minimum atomic E-state index is -3.53. The van der Waals surface area contributed by atoms with Crippen LogP contribution >= 0.6 is 0 Å². The van der Waals surface area contributed by atoms with Crippen molar-refractivity contribution < 1.29 is 17.6 Å². The molecule has 2 fully saturated rings. The predicted octanol–water partition coefficient (Wildman–Crippen LogP) is 3.15. The molecule has 0 unspecified atom stereocenters. The summed E-state index contributed by atoms with van der Waals surface area (Å²) in [4.78, 5) is 16.9. The molecule has 0 saturated carbocycles. The number of sulfonamides is 1. The first-order chi connectivity index (χ1) is 15.9. The van der Waals surface area contributed by atoms with Crippen molar-refractivity contribution in [1.29, 1.82) is 0 Å². The van der Waals surface area contributed by atoms with Crippen LogP contribution in [0.3, 0.4) is 0 Å². The normalized spacial score (nSPS) is 18.1. The number of nitrogens with one attached hydrogen (secondary N) is 1. The Balaban J connectivity index is 1.31. The Kier molecular flexibility index (Phi) is 7.49. The number of amides is 1. The number of hydrogen-bond acceptors (Lipinski definition) is 5. The summed E-state index contributed by atoms with van der Waals surface area (Å²) in [6.07, 6.45) is 3.90. The zero-order valence-electron chi connectivity index (χ0n) is 18.7. The first-order valence-corrected chi connectivity index (χ1v) is 13.0. The monoisotopic (exact) mass is 474 g/mol. The Hall–Kier alpha value is -2.65. The summed E-state index contributed by atoms with van der Waals surface area (Å²) >= 11 is 0. The zero-order chi connectivity index (χ0) is 23.3. The Morgan fingerprint density at radius 2 is 1.55 bits per heavy atom. The molecule has 0 aliphatic carbocycles. The summed E-state index contributed by atoms with van der Waals surface area (Å²) in [5.74, 6) is -0.295. The Morgan fingerprint density at radius 3 is 2.21 bits per heavy atom. The van der Waals surface area contributed by atoms with E-state index < -0.39 is 10.0 Å². The maximum atomic E-state index is 13.1. The van der Waals surface area contributed by atoms with E-state index in [0.29, 0.717) is 45.0 Å². The fourth-order valence-corrected chi connectivity index (χ4v) is 5.92. The van der Waals surface area contributed by atoms with Crippen LogP contribution in [0.1, 0.15) is 25.7 Å². The number of rotatable bonds is 6. The van der Waals surface area contributed by atoms with Crippen LogP contribution in [0.5, 0.6) is 0 Å². The number of benzene rings is 2. The van der Waals surface area contributed by atoms with E-state index >= 15 is 0 Å². The second-order valence-electron chi connectivity index (χ2n) is 8.54. The molecule has 0 radical (unpaired) electrons. The van der Waals surface area contributed by atoms with Crippen molar-refractivity contribution in [1.82, 2.24) is 9.21 Å². The lowest BCUT2D eigenvalue weighted by atomic mass is 10.2. The second kappa shape index (κ2) is 10.5. The summed E-state index contributed by atoms with van der Waals surface area (Å²) < 4.78 is 40.8. The van der Waals surface area contributed by atoms with Gasteiger partial charge in [0, 0.05) is 50.6 Å². The van der Waals surface area contributed by atoms with Crippen molar-refractivity contribution in [2.45, 2.75) is 30.6 Å². The third-order valence-electron chi connectivity index (χ3n) is 6.30. The van der Waals surface area contributed by atoms with E-state index in [-0.39, 0.29) is 23.2 Å². The molecule has 0 spiro atoms. The van der Waals surface area contributed by atoms with Crippen molar-refractivity contribution in [2.75, 3.05) is 56.0 Å². The van der Waals surface area contributed by atoms with E-state index in [1.807, 2.05) is 0 Å². The van der Waals surface area contributed by atoms with Crippen LogP contribution < -0.4 is 10.2 Å². The van der Waals surface area contributed by atoms with Gasteiger partial charge in [0.2, 0.25) is 15.9 Å². The quantitative estimate of drug-likeness (QED) is 0.696. The fraction of sp³-hybridized carbons (Fsp3) is 0.458. The SMILES string of the molecule is O=C(CNc1cccc(S(=O)(=O)N2CCCCCC2)c1)N1CCN(c2ccc(F)cc2)CC1. The van der Waals surface area contributed by atoms with Crippen LogP contribution in [0.15, 0.2) is 53.4 Å². The lowest BCUT2D eigenvalue weighted by Gasteiger charge is -2.36. The molecule has 1 amide bonds. The molecule has 0 atom stereocenters. The molecule has 7 nitrogen and oxygen atoms in total. The molecule has 33 heavy (non-hydrogen) atoms. The molecule has 1 N–H and O–H groups in total. The Bertz CT molecular complexity index is 1050. The lowest BCUT2D eigenvalue weighted by molar-refractivity contribution is -0.129. The van der Waals surface area contributed by atoms with E-state index in [4.69, 9.17) is 0 Å². The highest BCUT2D eigenvalue weighted by Crippen LogP contribution is 2.23. The largest absolute Gasteiger partial charge is 0.376 e. The molecule has 0 aromatic heterocycles. The topological polar surface area (TPSA) is 73.0 Å². The first-order valence-electron chi connectivity index (χ1n) is 11.6. The summed E-state index contributed by atoms with van der Waals surface area (Å²) in [5.41, 5.74) is 1.56. The van der Waals surface area contributed by atoms with Crippen LogP contribution in [0.2, 0.25) is 0 Å². The summed E-state index contributed by atoms with van der Waals surface area (Å²) in [7, 11) is -3.53. The molecule has 0 bridgehead atoms. The Morgan fingerprint density at radius 1 is 0.879 bits per heavy atom. The van der Waals surface area contributed by atoms with Crippen LogP contribution in [-0.2, 0) is 14.8 Å². The Labute approximate surface area is 195 Å². The van der Waals surface area contributed by atoms with Gasteiger partial charge in [-0.2, -0.15) is 4.31 Å². The van der Waals surface area contributed by atoms with Crippen LogP contribution in [0.4, 0.5) is 15.8 Å². The van der Waals surface area contributed by atoms with Crippen molar-refractivity contribution in [3.8, 4) is 0 Å². The smallest absolute Gasteiger partial charge is 0.243 e. The molecule has 2 saturated heterocycles. The van der Waals surface area contributed by atoms with Gasteiger partial charge < -0.3 is 15.1 Å². The fourth-order valence-electron chi connectivity index (χ4n) is 4.35. The minimum absolute atomic E-state index is 0.0328. The molecular formula is C24H31FN4O3S. The first kappa shape index (κ1) is 23.5. The predicted molar refractivity (Wildman–Crippen MR) is 127 cm³/mol. The summed E-state index contributed by atoms with van der Waals surface area (Å²) in [5, 5.41) is 3.09. The number of halogens is 1. The molecule has 2 aromatic rings. The van der Waals surface area contributed by atoms with Crippen LogP contribution in [-0.4, -0.2) is 69.3 Å². The van der Waals surface area contributed by atoms with E-state index in [0.717, 1.165) is 31.4 Å². The molecule has 178 valence electrons. The number of anilines is 2. The number of piperazine rings is 1. The van der Waals surface area contributed by atoms with Crippen LogP contribution in [0, 0.1) is 5.82 Å². The number of carbonyl (C=O) groups excluding carboxylic acids is 1. The van der Waals surface area contributed by atoms with Gasteiger partial charge >= 0.3 is 0 Å². The van der Waals surface area contributed by atoms with Gasteiger partial charge in [0.1, 0.15) is 5.82 Å². The van der Waals surface area contributed by atoms with Gasteiger partial charge in [-0.25, -0.2) is 12.8 Å². The average Bonchev–Trinajstić information content (AvgIpc) is 3.14. The third-order valence-corrected chi connectivity index (χ3v) is 8.20. The van der Waals surface area contributed by atoms with Crippen molar-refractivity contribution in [3.63, 3.8) is 0 Å². The second-order valence-corrected chi connectivity index (χ2v) is 10.5. The maximum absolute atomic E-state index is 13.1. The average molecular weight is 475 g/mol. The van der Waals surface area contributed by atoms with Crippen molar-refractivity contribution in [3.05, 3.63) is 54.3 Å². The third kappa shape index (κ3) is 5.83. The number of hydrogen-bond donors (Lipinski definition) is 1. The van der Waals surface area contributed by atoms with Gasteiger partial charge in [-0.1, -0.05) is 18.9 Å². The number of carbonyl (C=O) groups is 1. The van der Waals surface area contributed by atoms with E-state index in [1.165, 1.54) is 12.1 Å². The van der Waals surface area contributed by atoms with Gasteiger partial charge in [-0.15, -0.1) is 0 Å². The standard InChI is InChI=1S/C24H31FN4O3S/c25-20-8-10-22(11-9-20)27-14-16-28(17-15-27)24(30)19-26-21-6-5-7-23(18-21)33(31,32)29-12-3-1-2-4-13-29/h5-11,18,26H,1-4,12-17,19H2. The minimum Gasteiger partial charge on any atom is -0.376 e. The maximum Gasteiger partial charge on any atom is 0.243 e.